The van der Waals surface area contributed by atoms with Gasteiger partial charge in [-0.1, -0.05) is 11.6 Å². The molecular formula is C12H9ClFN3O2. The van der Waals surface area contributed by atoms with E-state index in [1.807, 2.05) is 0 Å². The Kier molecular flexibility index (Phi) is 3.52. The van der Waals surface area contributed by atoms with E-state index < -0.39 is 11.7 Å². The van der Waals surface area contributed by atoms with Gasteiger partial charge >= 0.3 is 0 Å². The molecule has 1 amide bonds. The zero-order valence-corrected chi connectivity index (χ0v) is 10.3. The summed E-state index contributed by atoms with van der Waals surface area (Å²) < 4.78 is 18.2. The van der Waals surface area contributed by atoms with Gasteiger partial charge in [-0.25, -0.2) is 9.37 Å². The maximum absolute atomic E-state index is 12.9. The summed E-state index contributed by atoms with van der Waals surface area (Å²) in [6, 6.07) is 6.40. The first-order valence-corrected chi connectivity index (χ1v) is 5.54. The van der Waals surface area contributed by atoms with Crippen molar-refractivity contribution < 1.29 is 13.9 Å². The van der Waals surface area contributed by atoms with E-state index in [1.165, 1.54) is 24.3 Å². The van der Waals surface area contributed by atoms with Gasteiger partial charge in [0, 0.05) is 0 Å². The highest BCUT2D eigenvalue weighted by atomic mass is 35.5. The fourth-order valence-electron chi connectivity index (χ4n) is 1.33. The first kappa shape index (κ1) is 13.1. The number of hydrogen-bond acceptors (Lipinski definition) is 4. The molecule has 0 aliphatic heterocycles. The third-order valence-electron chi connectivity index (χ3n) is 2.24. The second kappa shape index (κ2) is 5.11. The van der Waals surface area contributed by atoms with Crippen LogP contribution in [0.15, 0.2) is 30.3 Å². The Morgan fingerprint density at radius 3 is 2.68 bits per heavy atom. The second-order valence-electron chi connectivity index (χ2n) is 3.63. The molecule has 5 nitrogen and oxygen atoms in total. The van der Waals surface area contributed by atoms with Crippen molar-refractivity contribution in [3.8, 4) is 11.6 Å². The standard InChI is InChI=1S/C12H9ClFN3O2/c13-7-5-6(14)1-4-10(7)19-12-8(15)2-3-9(17-12)11(16)18/h1-5H,15H2,(H2,16,18). The number of pyridine rings is 1. The van der Waals surface area contributed by atoms with Crippen LogP contribution in [-0.4, -0.2) is 10.9 Å². The van der Waals surface area contributed by atoms with Crippen molar-refractivity contribution in [2.45, 2.75) is 0 Å². The number of nitrogen functional groups attached to an aromatic ring is 1. The molecule has 0 saturated carbocycles. The van der Waals surface area contributed by atoms with Crippen LogP contribution >= 0.6 is 11.6 Å². The van der Waals surface area contributed by atoms with E-state index in [2.05, 4.69) is 4.98 Å². The third kappa shape index (κ3) is 2.92. The van der Waals surface area contributed by atoms with Crippen molar-refractivity contribution in [1.82, 2.24) is 4.98 Å². The van der Waals surface area contributed by atoms with Gasteiger partial charge in [-0.05, 0) is 30.3 Å². The highest BCUT2D eigenvalue weighted by molar-refractivity contribution is 6.32. The predicted octanol–water partition coefficient (Wildman–Crippen LogP) is 2.35. The molecule has 19 heavy (non-hydrogen) atoms. The summed E-state index contributed by atoms with van der Waals surface area (Å²) in [5, 5.41) is 0.0608. The highest BCUT2D eigenvalue weighted by Gasteiger charge is 2.11. The first-order valence-electron chi connectivity index (χ1n) is 5.16. The quantitative estimate of drug-likeness (QED) is 0.903. The molecule has 0 unspecified atom stereocenters. The van der Waals surface area contributed by atoms with Crippen LogP contribution in [0.5, 0.6) is 11.6 Å². The third-order valence-corrected chi connectivity index (χ3v) is 2.54. The molecule has 0 aliphatic carbocycles. The minimum atomic E-state index is -0.713. The number of carbonyl (C=O) groups is 1. The lowest BCUT2D eigenvalue weighted by Gasteiger charge is -2.09. The molecule has 2 rings (SSSR count). The number of halogens is 2. The molecule has 0 bridgehead atoms. The second-order valence-corrected chi connectivity index (χ2v) is 4.04. The summed E-state index contributed by atoms with van der Waals surface area (Å²) in [5.41, 5.74) is 11.0. The van der Waals surface area contributed by atoms with Crippen LogP contribution in [0.1, 0.15) is 10.5 Å². The first-order chi connectivity index (χ1) is 8.97. The van der Waals surface area contributed by atoms with Gasteiger partial charge in [-0.15, -0.1) is 0 Å². The van der Waals surface area contributed by atoms with Crippen LogP contribution < -0.4 is 16.2 Å². The monoisotopic (exact) mass is 281 g/mol. The van der Waals surface area contributed by atoms with Gasteiger partial charge in [0.1, 0.15) is 17.3 Å². The lowest BCUT2D eigenvalue weighted by Crippen LogP contribution is -2.13. The van der Waals surface area contributed by atoms with Crippen molar-refractivity contribution >= 4 is 23.2 Å². The molecular weight excluding hydrogens is 273 g/mol. The van der Waals surface area contributed by atoms with Crippen LogP contribution in [0, 0.1) is 5.82 Å². The number of rotatable bonds is 3. The summed E-state index contributed by atoms with van der Waals surface area (Å²) in [4.78, 5) is 14.9. The lowest BCUT2D eigenvalue weighted by molar-refractivity contribution is 0.0995. The highest BCUT2D eigenvalue weighted by Crippen LogP contribution is 2.31. The van der Waals surface area contributed by atoms with E-state index in [0.29, 0.717) is 0 Å². The number of ether oxygens (including phenoxy) is 1. The Labute approximate surface area is 112 Å². The molecule has 0 spiro atoms. The average molecular weight is 282 g/mol. The van der Waals surface area contributed by atoms with E-state index in [9.17, 15) is 9.18 Å². The molecule has 98 valence electrons. The molecule has 1 aromatic heterocycles. The van der Waals surface area contributed by atoms with Crippen molar-refractivity contribution in [3.63, 3.8) is 0 Å². The van der Waals surface area contributed by atoms with E-state index in [0.717, 1.165) is 6.07 Å². The van der Waals surface area contributed by atoms with Crippen molar-refractivity contribution in [2.75, 3.05) is 5.73 Å². The minimum Gasteiger partial charge on any atom is -0.435 e. The van der Waals surface area contributed by atoms with Crippen molar-refractivity contribution in [1.29, 1.82) is 0 Å². The van der Waals surface area contributed by atoms with Gasteiger partial charge < -0.3 is 16.2 Å². The van der Waals surface area contributed by atoms with E-state index in [1.54, 1.807) is 0 Å². The number of aromatic nitrogens is 1. The molecule has 0 atom stereocenters. The molecule has 0 fully saturated rings. The Bertz CT molecular complexity index is 649. The molecule has 0 saturated heterocycles. The summed E-state index contributed by atoms with van der Waals surface area (Å²) >= 11 is 5.81. The molecule has 0 radical (unpaired) electrons. The van der Waals surface area contributed by atoms with Gasteiger partial charge in [0.05, 0.1) is 10.7 Å². The summed E-state index contributed by atoms with van der Waals surface area (Å²) in [5.74, 6) is -1.06. The van der Waals surface area contributed by atoms with Crippen LogP contribution in [0.2, 0.25) is 5.02 Å². The zero-order valence-electron chi connectivity index (χ0n) is 9.56. The van der Waals surface area contributed by atoms with Gasteiger partial charge in [0.2, 0.25) is 5.88 Å². The topological polar surface area (TPSA) is 91.2 Å². The van der Waals surface area contributed by atoms with Crippen LogP contribution in [0.3, 0.4) is 0 Å². The molecule has 0 aliphatic rings. The van der Waals surface area contributed by atoms with E-state index in [-0.39, 0.29) is 28.0 Å². The number of hydrogen-bond donors (Lipinski definition) is 2. The normalized spacial score (nSPS) is 10.2. The number of benzene rings is 1. The van der Waals surface area contributed by atoms with E-state index >= 15 is 0 Å². The molecule has 7 heteroatoms. The van der Waals surface area contributed by atoms with Crippen LogP contribution in [0.4, 0.5) is 10.1 Å². The number of amides is 1. The summed E-state index contributed by atoms with van der Waals surface area (Å²) in [6.45, 7) is 0. The zero-order chi connectivity index (χ0) is 14.0. The van der Waals surface area contributed by atoms with Gasteiger partial charge in [0.25, 0.3) is 5.91 Å². The van der Waals surface area contributed by atoms with Crippen LogP contribution in [0.25, 0.3) is 0 Å². The summed E-state index contributed by atoms with van der Waals surface area (Å²) in [7, 11) is 0. The Morgan fingerprint density at radius 1 is 1.32 bits per heavy atom. The van der Waals surface area contributed by atoms with Crippen LogP contribution in [-0.2, 0) is 0 Å². The van der Waals surface area contributed by atoms with Gasteiger partial charge in [-0.2, -0.15) is 0 Å². The largest absolute Gasteiger partial charge is 0.435 e. The summed E-state index contributed by atoms with van der Waals surface area (Å²) in [6.07, 6.45) is 0. The average Bonchev–Trinajstić information content (AvgIpc) is 2.34. The number of anilines is 1. The Morgan fingerprint density at radius 2 is 2.05 bits per heavy atom. The maximum Gasteiger partial charge on any atom is 0.267 e. The number of carbonyl (C=O) groups excluding carboxylic acids is 1. The number of nitrogens with two attached hydrogens (primary N) is 2. The Hall–Kier alpha value is -2.34. The maximum atomic E-state index is 12.9. The molecule has 1 heterocycles. The van der Waals surface area contributed by atoms with Crippen molar-refractivity contribution in [3.05, 3.63) is 46.9 Å². The molecule has 4 N–H and O–H groups in total. The molecule has 1 aromatic carbocycles. The van der Waals surface area contributed by atoms with Gasteiger partial charge in [-0.3, -0.25) is 4.79 Å². The van der Waals surface area contributed by atoms with Crippen molar-refractivity contribution in [2.24, 2.45) is 5.73 Å². The number of primary amides is 1. The predicted molar refractivity (Wildman–Crippen MR) is 68.7 cm³/mol. The minimum absolute atomic E-state index is 0.00225. The SMILES string of the molecule is NC(=O)c1ccc(N)c(Oc2ccc(F)cc2Cl)n1. The van der Waals surface area contributed by atoms with E-state index in [4.69, 9.17) is 27.8 Å². The fraction of sp³-hybridized carbons (Fsp3) is 0. The fourth-order valence-corrected chi connectivity index (χ4v) is 1.54. The van der Waals surface area contributed by atoms with Gasteiger partial charge in [0.15, 0.2) is 0 Å². The molecule has 2 aromatic rings. The Balaban J connectivity index is 2.37. The number of nitrogens with zero attached hydrogens (tertiary/aromatic N) is 1. The smallest absolute Gasteiger partial charge is 0.267 e. The lowest BCUT2D eigenvalue weighted by atomic mass is 10.3.